The molecule has 1 N–H and O–H groups in total. The van der Waals surface area contributed by atoms with Crippen molar-refractivity contribution in [3.05, 3.63) is 34.9 Å². The highest BCUT2D eigenvalue weighted by Gasteiger charge is 2.25. The topological polar surface area (TPSA) is 15.3 Å². The van der Waals surface area contributed by atoms with Crippen molar-refractivity contribution in [1.29, 1.82) is 0 Å². The minimum atomic E-state index is 0.388. The lowest BCUT2D eigenvalue weighted by atomic mass is 10.1. The Balaban J connectivity index is 1.88. The fourth-order valence-electron chi connectivity index (χ4n) is 2.59. The van der Waals surface area contributed by atoms with Gasteiger partial charge in [0.05, 0.1) is 0 Å². The summed E-state index contributed by atoms with van der Waals surface area (Å²) in [7, 11) is 0. The third-order valence-electron chi connectivity index (χ3n) is 3.81. The molecular formula is C15H23ClN2. The third-order valence-corrected chi connectivity index (χ3v) is 4.06. The van der Waals surface area contributed by atoms with E-state index in [9.17, 15) is 0 Å². The zero-order chi connectivity index (χ0) is 13.1. The van der Waals surface area contributed by atoms with Crippen LogP contribution < -0.4 is 5.32 Å². The van der Waals surface area contributed by atoms with E-state index < -0.39 is 0 Å². The molecule has 1 heterocycles. The first-order valence-corrected chi connectivity index (χ1v) is 7.19. The number of nitrogens with one attached hydrogen (secondary N) is 1. The fraction of sp³-hybridized carbons (Fsp3) is 0.600. The third kappa shape index (κ3) is 3.47. The molecule has 0 saturated carbocycles. The van der Waals surface area contributed by atoms with Gasteiger partial charge < -0.3 is 5.32 Å². The van der Waals surface area contributed by atoms with Crippen LogP contribution in [0.3, 0.4) is 0 Å². The van der Waals surface area contributed by atoms with Crippen molar-refractivity contribution in [2.45, 2.75) is 45.3 Å². The van der Waals surface area contributed by atoms with E-state index in [2.05, 4.69) is 43.1 Å². The van der Waals surface area contributed by atoms with Gasteiger partial charge in [-0.2, -0.15) is 0 Å². The maximum absolute atomic E-state index is 5.91. The highest BCUT2D eigenvalue weighted by atomic mass is 35.5. The molecule has 1 aliphatic heterocycles. The van der Waals surface area contributed by atoms with Crippen molar-refractivity contribution < 1.29 is 0 Å². The molecule has 0 aliphatic carbocycles. The van der Waals surface area contributed by atoms with E-state index in [1.165, 1.54) is 18.5 Å². The van der Waals surface area contributed by atoms with E-state index in [4.69, 9.17) is 11.6 Å². The minimum Gasteiger partial charge on any atom is -0.306 e. The van der Waals surface area contributed by atoms with Crippen molar-refractivity contribution in [2.24, 2.45) is 0 Å². The number of benzene rings is 1. The quantitative estimate of drug-likeness (QED) is 0.898. The number of nitrogens with zero attached hydrogens (tertiary/aromatic N) is 1. The van der Waals surface area contributed by atoms with Crippen LogP contribution in [0.1, 0.15) is 38.8 Å². The second kappa shape index (κ2) is 6.05. The molecule has 2 atom stereocenters. The van der Waals surface area contributed by atoms with Crippen LogP contribution in [-0.4, -0.2) is 30.1 Å². The standard InChI is InChI=1S/C15H23ClN2/c1-11(2)18-9-8-15(10-18)17-12(3)13-4-6-14(16)7-5-13/h4-7,11-12,15,17H,8-10H2,1-3H3/t12-,15?/m1/s1. The Morgan fingerprint density at radius 2 is 1.89 bits per heavy atom. The van der Waals surface area contributed by atoms with E-state index >= 15 is 0 Å². The molecule has 1 aromatic rings. The summed E-state index contributed by atoms with van der Waals surface area (Å²) in [6.45, 7) is 9.13. The van der Waals surface area contributed by atoms with Crippen LogP contribution in [0, 0.1) is 0 Å². The maximum atomic E-state index is 5.91. The molecule has 3 heteroatoms. The van der Waals surface area contributed by atoms with E-state index in [0.717, 1.165) is 11.6 Å². The Morgan fingerprint density at radius 1 is 1.22 bits per heavy atom. The highest BCUT2D eigenvalue weighted by Crippen LogP contribution is 2.19. The number of halogens is 1. The molecule has 1 aromatic carbocycles. The number of hydrogen-bond acceptors (Lipinski definition) is 2. The fourth-order valence-corrected chi connectivity index (χ4v) is 2.72. The highest BCUT2D eigenvalue weighted by molar-refractivity contribution is 6.30. The van der Waals surface area contributed by atoms with Crippen molar-refractivity contribution in [2.75, 3.05) is 13.1 Å². The molecule has 0 aromatic heterocycles. The van der Waals surface area contributed by atoms with Gasteiger partial charge in [0.25, 0.3) is 0 Å². The molecule has 2 nitrogen and oxygen atoms in total. The minimum absolute atomic E-state index is 0.388. The van der Waals surface area contributed by atoms with E-state index in [1.807, 2.05) is 12.1 Å². The molecule has 0 amide bonds. The summed E-state index contributed by atoms with van der Waals surface area (Å²) in [6, 6.07) is 9.79. The second-order valence-corrected chi connectivity index (χ2v) is 5.95. The van der Waals surface area contributed by atoms with Gasteiger partial charge in [0, 0.05) is 29.7 Å². The van der Waals surface area contributed by atoms with E-state index in [-0.39, 0.29) is 0 Å². The monoisotopic (exact) mass is 266 g/mol. The number of hydrogen-bond donors (Lipinski definition) is 1. The Hall–Kier alpha value is -0.570. The molecule has 18 heavy (non-hydrogen) atoms. The van der Waals surface area contributed by atoms with E-state index in [1.54, 1.807) is 0 Å². The first-order chi connectivity index (χ1) is 8.56. The first kappa shape index (κ1) is 13.9. The summed E-state index contributed by atoms with van der Waals surface area (Å²) >= 11 is 5.91. The molecule has 0 bridgehead atoms. The predicted octanol–water partition coefficient (Wildman–Crippen LogP) is 3.47. The largest absolute Gasteiger partial charge is 0.306 e. The average molecular weight is 267 g/mol. The van der Waals surface area contributed by atoms with Gasteiger partial charge in [-0.25, -0.2) is 0 Å². The lowest BCUT2D eigenvalue weighted by Crippen LogP contribution is -2.36. The second-order valence-electron chi connectivity index (χ2n) is 5.51. The summed E-state index contributed by atoms with van der Waals surface area (Å²) < 4.78 is 0. The summed E-state index contributed by atoms with van der Waals surface area (Å²) in [5.74, 6) is 0. The molecule has 0 spiro atoms. The van der Waals surface area contributed by atoms with Crippen molar-refractivity contribution in [1.82, 2.24) is 10.2 Å². The van der Waals surface area contributed by atoms with Gasteiger partial charge >= 0.3 is 0 Å². The Bertz CT molecular complexity index is 375. The van der Waals surface area contributed by atoms with Gasteiger partial charge in [-0.1, -0.05) is 23.7 Å². The molecule has 1 saturated heterocycles. The molecular weight excluding hydrogens is 244 g/mol. The molecule has 2 rings (SSSR count). The van der Waals surface area contributed by atoms with Crippen LogP contribution in [-0.2, 0) is 0 Å². The van der Waals surface area contributed by atoms with Crippen molar-refractivity contribution >= 4 is 11.6 Å². The molecule has 1 fully saturated rings. The zero-order valence-electron chi connectivity index (χ0n) is 11.5. The zero-order valence-corrected chi connectivity index (χ0v) is 12.2. The van der Waals surface area contributed by atoms with Crippen LogP contribution in [0.25, 0.3) is 0 Å². The van der Waals surface area contributed by atoms with Gasteiger partial charge in [0.15, 0.2) is 0 Å². The molecule has 100 valence electrons. The predicted molar refractivity (Wildman–Crippen MR) is 78.1 cm³/mol. The Morgan fingerprint density at radius 3 is 2.44 bits per heavy atom. The van der Waals surface area contributed by atoms with Gasteiger partial charge in [0.2, 0.25) is 0 Å². The van der Waals surface area contributed by atoms with Crippen LogP contribution in [0.4, 0.5) is 0 Å². The molecule has 1 aliphatic rings. The lowest BCUT2D eigenvalue weighted by molar-refractivity contribution is 0.266. The Kier molecular flexibility index (Phi) is 4.66. The van der Waals surface area contributed by atoms with Gasteiger partial charge in [0.1, 0.15) is 0 Å². The SMILES string of the molecule is CC(C)N1CCC(N[C@H](C)c2ccc(Cl)cc2)C1. The van der Waals surface area contributed by atoms with E-state index in [0.29, 0.717) is 18.1 Å². The molecule has 1 unspecified atom stereocenters. The summed E-state index contributed by atoms with van der Waals surface area (Å²) in [4.78, 5) is 2.53. The number of likely N-dealkylation sites (tertiary alicyclic amines) is 1. The van der Waals surface area contributed by atoms with Crippen LogP contribution in [0.2, 0.25) is 5.02 Å². The van der Waals surface area contributed by atoms with Gasteiger partial charge in [-0.15, -0.1) is 0 Å². The average Bonchev–Trinajstić information content (AvgIpc) is 2.78. The first-order valence-electron chi connectivity index (χ1n) is 6.82. The lowest BCUT2D eigenvalue weighted by Gasteiger charge is -2.23. The molecule has 0 radical (unpaired) electrons. The van der Waals surface area contributed by atoms with Crippen molar-refractivity contribution in [3.63, 3.8) is 0 Å². The normalized spacial score (nSPS) is 22.6. The van der Waals surface area contributed by atoms with Gasteiger partial charge in [-0.05, 0) is 51.4 Å². The smallest absolute Gasteiger partial charge is 0.0406 e. The van der Waals surface area contributed by atoms with Crippen molar-refractivity contribution in [3.8, 4) is 0 Å². The van der Waals surface area contributed by atoms with Crippen LogP contribution in [0.5, 0.6) is 0 Å². The summed E-state index contributed by atoms with van der Waals surface area (Å²) in [5.41, 5.74) is 1.31. The van der Waals surface area contributed by atoms with Crippen LogP contribution >= 0.6 is 11.6 Å². The van der Waals surface area contributed by atoms with Crippen LogP contribution in [0.15, 0.2) is 24.3 Å². The summed E-state index contributed by atoms with van der Waals surface area (Å²) in [6.07, 6.45) is 1.25. The van der Waals surface area contributed by atoms with Gasteiger partial charge in [-0.3, -0.25) is 4.90 Å². The summed E-state index contributed by atoms with van der Waals surface area (Å²) in [5, 5.41) is 4.52. The number of rotatable bonds is 4. The maximum Gasteiger partial charge on any atom is 0.0406 e. The Labute approximate surface area is 115 Å².